The van der Waals surface area contributed by atoms with Crippen LogP contribution in [0.3, 0.4) is 0 Å². The molecule has 0 fully saturated rings. The minimum Gasteiger partial charge on any atom is -0.466 e. The Morgan fingerprint density at radius 2 is 0.940 bits per heavy atom. The number of hydrogen-bond donors (Lipinski definition) is 0. The van der Waals surface area contributed by atoms with Crippen molar-refractivity contribution in [3.63, 3.8) is 0 Å². The normalized spacial score (nSPS) is 12.1. The molecule has 0 N–H and O–H groups in total. The van der Waals surface area contributed by atoms with Crippen molar-refractivity contribution >= 4 is 11.9 Å². The molecule has 1 unspecified atom stereocenters. The van der Waals surface area contributed by atoms with E-state index in [4.69, 9.17) is 28.7 Å². The summed E-state index contributed by atoms with van der Waals surface area (Å²) in [5.74, 6) is -0.576. The average molecular weight is 716 g/mol. The first-order valence-corrected chi connectivity index (χ1v) is 20.9. The Morgan fingerprint density at radius 3 is 1.40 bits per heavy atom. The van der Waals surface area contributed by atoms with Crippen LogP contribution in [0.5, 0.6) is 0 Å². The van der Waals surface area contributed by atoms with E-state index in [2.05, 4.69) is 13.8 Å². The summed E-state index contributed by atoms with van der Waals surface area (Å²) in [6, 6.07) is -0.599. The largest absolute Gasteiger partial charge is 0.466 e. The Bertz CT molecular complexity index is 710. The molecular weight excluding hydrogens is 634 g/mol. The summed E-state index contributed by atoms with van der Waals surface area (Å²) < 4.78 is 22.1. The summed E-state index contributed by atoms with van der Waals surface area (Å²) in [6.45, 7) is 7.94. The Balaban J connectivity index is 4.58. The van der Waals surface area contributed by atoms with Gasteiger partial charge in [0.1, 0.15) is 6.04 Å². The van der Waals surface area contributed by atoms with Gasteiger partial charge in [-0.15, -0.1) is 0 Å². The molecule has 50 heavy (non-hydrogen) atoms. The molecule has 0 rings (SSSR count). The maximum atomic E-state index is 13.4. The van der Waals surface area contributed by atoms with Crippen molar-refractivity contribution in [2.24, 2.45) is 0 Å². The van der Waals surface area contributed by atoms with Gasteiger partial charge in [0, 0.05) is 26.6 Å². The minimum absolute atomic E-state index is 0.156. The second kappa shape index (κ2) is 40.5. The van der Waals surface area contributed by atoms with Crippen molar-refractivity contribution in [3.8, 4) is 0 Å². The van der Waals surface area contributed by atoms with Crippen LogP contribution < -0.4 is 0 Å². The lowest BCUT2D eigenvalue weighted by Gasteiger charge is -2.29. The number of carbonyl (C=O) groups excluding carboxylic acids is 2. The van der Waals surface area contributed by atoms with Gasteiger partial charge in [-0.1, -0.05) is 155 Å². The standard InChI is InChI=1S/C41H81NO8/c1-5-7-9-11-13-15-17-19-21-23-25-27-33-48-40(43)30-29-39(42(32-36-50-46-4)31-35-47-38-37-45-3)41(44)49-34-28-26-24-22-20-18-16-14-12-10-8-6-2/h39H,5-38H2,1-4H3. The fourth-order valence-corrected chi connectivity index (χ4v) is 6.20. The Labute approximate surface area is 308 Å². The number of nitrogens with zero attached hydrogens (tertiary/aromatic N) is 1. The van der Waals surface area contributed by atoms with Crippen molar-refractivity contribution < 1.29 is 38.3 Å². The summed E-state index contributed by atoms with van der Waals surface area (Å²) in [5.41, 5.74) is 0. The molecule has 0 aromatic carbocycles. The highest BCUT2D eigenvalue weighted by Gasteiger charge is 2.28. The van der Waals surface area contributed by atoms with Gasteiger partial charge < -0.3 is 18.9 Å². The molecule has 298 valence electrons. The van der Waals surface area contributed by atoms with Crippen molar-refractivity contribution in [2.75, 3.05) is 67.0 Å². The predicted molar refractivity (Wildman–Crippen MR) is 204 cm³/mol. The zero-order valence-electron chi connectivity index (χ0n) is 33.3. The highest BCUT2D eigenvalue weighted by Crippen LogP contribution is 2.15. The van der Waals surface area contributed by atoms with E-state index in [0.717, 1.165) is 25.7 Å². The van der Waals surface area contributed by atoms with Crippen molar-refractivity contribution in [2.45, 2.75) is 187 Å². The molecule has 0 saturated heterocycles. The van der Waals surface area contributed by atoms with E-state index in [1.165, 1.54) is 136 Å². The van der Waals surface area contributed by atoms with Gasteiger partial charge in [0.2, 0.25) is 0 Å². The minimum atomic E-state index is -0.599. The van der Waals surface area contributed by atoms with Gasteiger partial charge in [-0.3, -0.25) is 14.5 Å². The molecule has 0 heterocycles. The highest BCUT2D eigenvalue weighted by molar-refractivity contribution is 5.77. The molecule has 0 aromatic rings. The van der Waals surface area contributed by atoms with Crippen molar-refractivity contribution in [1.29, 1.82) is 0 Å². The lowest BCUT2D eigenvalue weighted by atomic mass is 10.1. The first-order valence-electron chi connectivity index (χ1n) is 20.9. The van der Waals surface area contributed by atoms with Gasteiger partial charge in [0.15, 0.2) is 0 Å². The van der Waals surface area contributed by atoms with E-state index in [-0.39, 0.29) is 25.0 Å². The zero-order valence-corrected chi connectivity index (χ0v) is 33.3. The lowest BCUT2D eigenvalue weighted by Crippen LogP contribution is -2.46. The van der Waals surface area contributed by atoms with Crippen molar-refractivity contribution in [3.05, 3.63) is 0 Å². The number of hydrogen-bond acceptors (Lipinski definition) is 9. The van der Waals surface area contributed by atoms with E-state index >= 15 is 0 Å². The summed E-state index contributed by atoms with van der Waals surface area (Å²) >= 11 is 0. The molecule has 0 bridgehead atoms. The van der Waals surface area contributed by atoms with Gasteiger partial charge >= 0.3 is 11.9 Å². The van der Waals surface area contributed by atoms with E-state index in [0.29, 0.717) is 52.5 Å². The molecule has 0 aliphatic carbocycles. The number of unbranched alkanes of at least 4 members (excludes halogenated alkanes) is 22. The van der Waals surface area contributed by atoms with Gasteiger partial charge in [0.25, 0.3) is 0 Å². The molecule has 0 saturated carbocycles. The second-order valence-corrected chi connectivity index (χ2v) is 13.9. The number of ether oxygens (including phenoxy) is 4. The quantitative estimate of drug-likeness (QED) is 0.0265. The monoisotopic (exact) mass is 716 g/mol. The number of esters is 2. The molecule has 0 radical (unpaired) electrons. The van der Waals surface area contributed by atoms with Gasteiger partial charge in [-0.2, -0.15) is 0 Å². The first-order chi connectivity index (χ1) is 24.6. The van der Waals surface area contributed by atoms with E-state index in [1.807, 2.05) is 4.90 Å². The van der Waals surface area contributed by atoms with Gasteiger partial charge in [-0.05, 0) is 19.3 Å². The third-order valence-electron chi connectivity index (χ3n) is 9.37. The maximum Gasteiger partial charge on any atom is 0.323 e. The van der Waals surface area contributed by atoms with Crippen LogP contribution in [0.1, 0.15) is 181 Å². The van der Waals surface area contributed by atoms with Gasteiger partial charge in [0.05, 0.1) is 46.8 Å². The first kappa shape index (κ1) is 48.7. The lowest BCUT2D eigenvalue weighted by molar-refractivity contribution is -0.274. The van der Waals surface area contributed by atoms with Crippen LogP contribution in [0.15, 0.2) is 0 Å². The van der Waals surface area contributed by atoms with E-state index < -0.39 is 6.04 Å². The molecule has 0 aliphatic rings. The van der Waals surface area contributed by atoms with Crippen LogP contribution in [-0.4, -0.2) is 89.8 Å². The van der Waals surface area contributed by atoms with Crippen LogP contribution in [0.25, 0.3) is 0 Å². The van der Waals surface area contributed by atoms with Crippen LogP contribution in [-0.2, 0) is 38.3 Å². The van der Waals surface area contributed by atoms with Crippen LogP contribution >= 0.6 is 0 Å². The number of methoxy groups -OCH3 is 1. The number of carbonyl (C=O) groups is 2. The fourth-order valence-electron chi connectivity index (χ4n) is 6.20. The molecule has 1 atom stereocenters. The van der Waals surface area contributed by atoms with Gasteiger partial charge in [-0.25, -0.2) is 9.78 Å². The summed E-state index contributed by atoms with van der Waals surface area (Å²) in [6.07, 6.45) is 30.7. The molecule has 9 heteroatoms. The Morgan fingerprint density at radius 1 is 0.500 bits per heavy atom. The molecule has 0 aliphatic heterocycles. The predicted octanol–water partition coefficient (Wildman–Crippen LogP) is 10.2. The summed E-state index contributed by atoms with van der Waals surface area (Å²) in [4.78, 5) is 38.0. The van der Waals surface area contributed by atoms with E-state index in [9.17, 15) is 9.59 Å². The summed E-state index contributed by atoms with van der Waals surface area (Å²) in [7, 11) is 3.10. The van der Waals surface area contributed by atoms with E-state index in [1.54, 1.807) is 7.11 Å². The highest BCUT2D eigenvalue weighted by atomic mass is 17.2. The smallest absolute Gasteiger partial charge is 0.323 e. The Hall–Kier alpha value is -1.26. The number of rotatable bonds is 41. The molecule has 9 nitrogen and oxygen atoms in total. The molecule has 0 aromatic heterocycles. The fraction of sp³-hybridized carbons (Fsp3) is 0.951. The molecule has 0 spiro atoms. The summed E-state index contributed by atoms with van der Waals surface area (Å²) in [5, 5.41) is 0. The van der Waals surface area contributed by atoms with Crippen LogP contribution in [0.2, 0.25) is 0 Å². The van der Waals surface area contributed by atoms with Crippen LogP contribution in [0, 0.1) is 0 Å². The average Bonchev–Trinajstić information content (AvgIpc) is 3.12. The van der Waals surface area contributed by atoms with Crippen molar-refractivity contribution in [1.82, 2.24) is 4.90 Å². The maximum absolute atomic E-state index is 13.4. The molecular formula is C41H81NO8. The second-order valence-electron chi connectivity index (χ2n) is 13.9. The third kappa shape index (κ3) is 33.9. The van der Waals surface area contributed by atoms with Crippen LogP contribution in [0.4, 0.5) is 0 Å². The zero-order chi connectivity index (χ0) is 36.6. The molecule has 0 amide bonds. The third-order valence-corrected chi connectivity index (χ3v) is 9.37. The Kier molecular flexibility index (Phi) is 39.5. The SMILES string of the molecule is CCCCCCCCCCCCCCOC(=O)CCC(C(=O)OCCCCCCCCCCCCCC)N(CCOCCOC)CCOOC. The topological polar surface area (TPSA) is 92.8 Å².